The Kier molecular flexibility index (Phi) is 51.1. The number of allylic oxidation sites excluding steroid dienone is 1. The van der Waals surface area contributed by atoms with Gasteiger partial charge in [0.15, 0.2) is 31.5 Å². The second kappa shape index (κ2) is 55.3. The average Bonchev–Trinajstić information content (AvgIpc) is 0.764. The first-order valence-corrected chi connectivity index (χ1v) is 41.3. The van der Waals surface area contributed by atoms with Crippen molar-refractivity contribution < 1.29 is 256 Å². The van der Waals surface area contributed by atoms with Gasteiger partial charge in [0.05, 0.1) is 76.2 Å². The molecule has 39 heteroatoms. The van der Waals surface area contributed by atoms with Gasteiger partial charge in [-0.1, -0.05) is 179 Å². The Labute approximate surface area is 746 Å². The first kappa shape index (κ1) is 106. The van der Waals surface area contributed by atoms with Crippen molar-refractivity contribution in [3.63, 3.8) is 0 Å². The van der Waals surface area contributed by atoms with Crippen LogP contribution in [0, 0.1) is 88.1 Å². The van der Waals surface area contributed by atoms with E-state index in [2.05, 4.69) is 19.2 Å². The number of carbonyl (C=O) groups is 1. The van der Waals surface area contributed by atoms with Crippen LogP contribution in [0.1, 0.15) is 195 Å². The molecule has 0 bridgehead atoms. The molecule has 2 radical (unpaired) electrons. The number of hydrogen-bond donors (Lipinski definition) is 20. The molecule has 668 valence electrons. The molecule has 37 atom stereocenters. The maximum atomic E-state index is 13.6. The van der Waals surface area contributed by atoms with E-state index in [9.17, 15) is 108 Å². The number of aliphatic hydroxyl groups excluding tert-OH is 19. The van der Waals surface area contributed by atoms with Crippen LogP contribution in [0.5, 0.6) is 0 Å². The Morgan fingerprint density at radius 3 is 1.18 bits per heavy atom. The van der Waals surface area contributed by atoms with Crippen LogP contribution in [0.3, 0.4) is 0 Å². The van der Waals surface area contributed by atoms with Crippen molar-refractivity contribution in [1.82, 2.24) is 5.32 Å². The topological polar surface area (TPSA) is 590 Å². The number of rotatable bonds is 49. The van der Waals surface area contributed by atoms with E-state index in [1.54, 1.807) is 6.08 Å². The second-order valence-corrected chi connectivity index (χ2v) is 31.3. The summed E-state index contributed by atoms with van der Waals surface area (Å²) in [7, 11) is 0. The molecular weight excluding hydrogens is 1950 g/mol. The van der Waals surface area contributed by atoms with Gasteiger partial charge >= 0.3 is 0 Å². The summed E-state index contributed by atoms with van der Waals surface area (Å²) in [5, 5.41) is 214. The third-order valence-electron chi connectivity index (χ3n) is 22.5. The summed E-state index contributed by atoms with van der Waals surface area (Å²) >= 11 is 0. The Morgan fingerprint density at radius 2 is 0.713 bits per heavy atom. The molecule has 0 saturated carbocycles. The Hall–Kier alpha value is 0.693. The molecule has 0 spiro atoms. The van der Waals surface area contributed by atoms with Gasteiger partial charge in [-0.15, -0.1) is 0 Å². The second-order valence-electron chi connectivity index (χ2n) is 31.3. The maximum Gasteiger partial charge on any atom is 0.220 e. The summed E-state index contributed by atoms with van der Waals surface area (Å²) in [6, 6.07) is -5.19. The van der Waals surface area contributed by atoms with Gasteiger partial charge in [0.25, 0.3) is 0 Å². The van der Waals surface area contributed by atoms with Gasteiger partial charge in [0.2, 0.25) is 5.91 Å². The summed E-state index contributed by atoms with van der Waals surface area (Å²) in [6.45, 7) is 1.48. The fraction of sp³-hybridized carbons (Fsp3) is 0.961. The average molecular weight is 2090 g/mol. The summed E-state index contributed by atoms with van der Waals surface area (Å²) in [4.78, 5) is 13.6. The monoisotopic (exact) mass is 2090 g/mol. The quantitative estimate of drug-likeness (QED) is 0.0244. The molecule has 1 amide bonds. The van der Waals surface area contributed by atoms with Crippen LogP contribution >= 0.6 is 0 Å². The Morgan fingerprint density at radius 1 is 0.357 bits per heavy atom. The van der Waals surface area contributed by atoms with Crippen molar-refractivity contribution >= 4 is 5.91 Å². The minimum Gasteiger partial charge on any atom is -0.668 e. The molecule has 0 aromatic heterocycles. The van der Waals surface area contributed by atoms with Crippen molar-refractivity contribution in [2.24, 2.45) is 0 Å². The molecule has 7 heterocycles. The summed E-state index contributed by atoms with van der Waals surface area (Å²) < 4.78 is 83.3. The smallest absolute Gasteiger partial charge is 0.220 e. The number of carbonyl (C=O) groups excluding carboxylic acids is 1. The zero-order valence-electron chi connectivity index (χ0n) is 66.9. The van der Waals surface area contributed by atoms with Crippen molar-refractivity contribution in [3.05, 3.63) is 23.6 Å². The fourth-order valence-corrected chi connectivity index (χ4v) is 15.3. The van der Waals surface area contributed by atoms with Gasteiger partial charge in [0.1, 0.15) is 147 Å². The van der Waals surface area contributed by atoms with Gasteiger partial charge in [-0.25, -0.2) is 0 Å². The molecule has 22 N–H and O–H groups in total. The van der Waals surface area contributed by atoms with E-state index in [0.29, 0.717) is 12.8 Å². The first-order chi connectivity index (χ1) is 54.2. The number of hydrogen-bond acceptors (Lipinski definition) is 34. The van der Waals surface area contributed by atoms with E-state index in [4.69, 9.17) is 72.0 Å². The maximum absolute atomic E-state index is 13.6. The number of unbranched alkanes of at least 4 members (excludes halogenated alkanes) is 23. The number of nitrogens with one attached hydrogen (secondary N) is 3. The molecule has 7 fully saturated rings. The normalized spacial score (nSPS) is 40.5. The van der Waals surface area contributed by atoms with E-state index in [0.717, 1.165) is 51.4 Å². The molecule has 0 aromatic rings. The predicted octanol–water partition coefficient (Wildman–Crippen LogP) is -1.49. The Bertz CT molecular complexity index is 2620. The molecule has 7 aliphatic heterocycles. The Balaban J connectivity index is 0.0000118. The van der Waals surface area contributed by atoms with Gasteiger partial charge in [-0.2, -0.15) is 0 Å². The van der Waals surface area contributed by atoms with Gasteiger partial charge in [0, 0.05) is 94.5 Å². The van der Waals surface area contributed by atoms with Crippen LogP contribution in [0.2, 0.25) is 0 Å². The van der Waals surface area contributed by atoms with Crippen molar-refractivity contribution in [2.45, 2.75) is 422 Å². The van der Waals surface area contributed by atoms with Crippen LogP contribution in [0.25, 0.3) is 11.5 Å². The van der Waals surface area contributed by atoms with Crippen molar-refractivity contribution in [2.75, 3.05) is 39.6 Å². The largest absolute Gasteiger partial charge is 0.668 e. The van der Waals surface area contributed by atoms with E-state index >= 15 is 0 Å². The fourth-order valence-electron chi connectivity index (χ4n) is 15.3. The number of ether oxygens (including phenoxy) is 14. The molecule has 27 unspecified atom stereocenters. The van der Waals surface area contributed by atoms with Crippen LogP contribution in [0.15, 0.2) is 12.2 Å². The standard InChI is InChI=1S/C76H137N3O34.2Ac/c1-5-7-9-11-13-15-17-19-21-23-25-27-29-31-42(85)41(79-48(86)32-30-28-26-24-22-20-18-16-14-12-10-8-6-2)38-100-72-62(98)67(54(90)44(34-81)103-72)111-70-49(77)56(92)64(46(36-83)106-70)108-75-63(99)68(55(91)45(35-82)104-75)112-71-50(78)66(110-73-60(96)57(93)51(87)39(3)101-73)65(47(37-84)107-71)109-76-69(59(95)53(89)43(33-80)105-76)113-74-61(97)58(94)52(88)40(4)102-74;;/h29,31,39-47,49-78,80-85,87-99H,5-28,30,32-38H2,1-4H3,(H,79,86);;/q-2;;/b31-29+;;/t39?,40?,41?,42?,43?,44?,45?,46?,47?,49?,50?,51-,52-,53+,54+,55+,56?,57?,58?,59?,60?,61?,62?,63?,64+,65-,66?,67?,68?,69?,70?,71?,72?,73+,74+,75?,76+;;/m1../s1. The van der Waals surface area contributed by atoms with E-state index in [1.807, 2.05) is 6.08 Å². The molecular formula is C76H137Ac2N3O34-2. The number of aliphatic hydroxyl groups is 19. The van der Waals surface area contributed by atoms with E-state index in [1.165, 1.54) is 110 Å². The van der Waals surface area contributed by atoms with Gasteiger partial charge in [-0.05, 0) is 33.1 Å². The molecule has 115 heavy (non-hydrogen) atoms. The molecule has 0 aromatic carbocycles. The van der Waals surface area contributed by atoms with E-state index in [-0.39, 0.29) is 100 Å². The van der Waals surface area contributed by atoms with Crippen LogP contribution < -0.4 is 5.32 Å². The molecule has 0 aliphatic carbocycles. The summed E-state index contributed by atoms with van der Waals surface area (Å²) in [5.41, 5.74) is 18.8. The summed E-state index contributed by atoms with van der Waals surface area (Å²) in [5.74, 6) is -0.352. The molecule has 7 rings (SSSR count). The van der Waals surface area contributed by atoms with Gasteiger partial charge < -0.3 is 180 Å². The zero-order valence-corrected chi connectivity index (χ0v) is 76.4. The first-order valence-electron chi connectivity index (χ1n) is 41.3. The predicted molar refractivity (Wildman–Crippen MR) is 395 cm³/mol. The minimum atomic E-state index is -2.28. The summed E-state index contributed by atoms with van der Waals surface area (Å²) in [6.07, 6.45) is -32.0. The zero-order chi connectivity index (χ0) is 82.6. The molecule has 7 saturated heterocycles. The molecule has 7 aliphatic rings. The van der Waals surface area contributed by atoms with E-state index < -0.39 is 267 Å². The van der Waals surface area contributed by atoms with Crippen molar-refractivity contribution in [3.8, 4) is 0 Å². The van der Waals surface area contributed by atoms with Gasteiger partial charge in [-0.3, -0.25) is 4.79 Å². The third-order valence-corrected chi connectivity index (χ3v) is 22.5. The van der Waals surface area contributed by atoms with Crippen LogP contribution in [-0.4, -0.2) is 370 Å². The van der Waals surface area contributed by atoms with Crippen molar-refractivity contribution in [1.29, 1.82) is 0 Å². The third kappa shape index (κ3) is 30.7. The SMILES string of the molecule is CCCCCCCCCCCCC/C=C/C(O)C(COC1OC(CO)[C@H](O)C(OC2OC(CO)[C@H](OC3OC(CO)[C@H](O)C(OC4OC(CO)[C@@H](O[C@@H]5OC(CO)[C@H](O)C(O)C5O[C@@H]5OC(C)[C@@H](O)C(O)C5O)C(O[C@@H]5OC(C)[C@@H](O)C(O)C5O)C4[NH-])C3O)C(O)C2[NH-])C1O)NC(=O)CCCCCCCCCCCCCCC.[Ac].[Ac]. The molecule has 37 nitrogen and oxygen atoms in total. The minimum absolute atomic E-state index is 0. The number of amides is 1. The van der Waals surface area contributed by atoms with Crippen LogP contribution in [-0.2, 0) is 71.1 Å². The van der Waals surface area contributed by atoms with Crippen LogP contribution in [0.4, 0.5) is 0 Å².